The molecule has 0 aliphatic carbocycles. The van der Waals surface area contributed by atoms with Crippen molar-refractivity contribution in [3.63, 3.8) is 0 Å². The summed E-state index contributed by atoms with van der Waals surface area (Å²) in [6.07, 6.45) is 1.74. The highest BCUT2D eigenvalue weighted by molar-refractivity contribution is 5.70. The molecule has 0 saturated carbocycles. The van der Waals surface area contributed by atoms with Gasteiger partial charge in [0.1, 0.15) is 11.6 Å². The number of pyridine rings is 1. The predicted octanol–water partition coefficient (Wildman–Crippen LogP) is 5.29. The Hall–Kier alpha value is -3.67. The second kappa shape index (κ2) is 8.14. The zero-order valence-electron chi connectivity index (χ0n) is 16.6. The first-order chi connectivity index (χ1) is 14.1. The molecule has 6 heteroatoms. The largest absolute Gasteiger partial charge is 0.497 e. The first-order valence-corrected chi connectivity index (χ1v) is 9.40. The van der Waals surface area contributed by atoms with Gasteiger partial charge in [0, 0.05) is 17.8 Å². The highest BCUT2D eigenvalue weighted by Crippen LogP contribution is 2.29. The Morgan fingerprint density at radius 3 is 2.48 bits per heavy atom. The number of ether oxygens (including phenoxy) is 1. The van der Waals surface area contributed by atoms with E-state index in [0.29, 0.717) is 17.5 Å². The number of nitrogens with zero attached hydrogens (tertiary/aromatic N) is 3. The number of methoxy groups -OCH3 is 1. The van der Waals surface area contributed by atoms with E-state index in [1.54, 1.807) is 13.3 Å². The van der Waals surface area contributed by atoms with Gasteiger partial charge in [0.15, 0.2) is 0 Å². The Morgan fingerprint density at radius 2 is 1.76 bits per heavy atom. The molecule has 0 radical (unpaired) electrons. The minimum Gasteiger partial charge on any atom is -0.497 e. The van der Waals surface area contributed by atoms with Crippen LogP contribution in [-0.4, -0.2) is 22.2 Å². The highest BCUT2D eigenvalue weighted by atomic mass is 16.5. The second-order valence-electron chi connectivity index (χ2n) is 6.83. The summed E-state index contributed by atoms with van der Waals surface area (Å²) in [5.74, 6) is 2.42. The Kier molecular flexibility index (Phi) is 5.24. The van der Waals surface area contributed by atoms with Gasteiger partial charge in [0.25, 0.3) is 5.89 Å². The van der Waals surface area contributed by atoms with Gasteiger partial charge < -0.3 is 14.6 Å². The summed E-state index contributed by atoms with van der Waals surface area (Å²) in [5.41, 5.74) is 4.03. The molecule has 2 heterocycles. The molecule has 0 unspecified atom stereocenters. The van der Waals surface area contributed by atoms with E-state index in [9.17, 15) is 0 Å². The van der Waals surface area contributed by atoms with E-state index in [1.807, 2.05) is 36.4 Å². The van der Waals surface area contributed by atoms with Gasteiger partial charge in [-0.15, -0.1) is 0 Å². The third-order valence-corrected chi connectivity index (χ3v) is 4.74. The maximum atomic E-state index is 5.53. The van der Waals surface area contributed by atoms with Crippen molar-refractivity contribution in [1.82, 2.24) is 15.1 Å². The van der Waals surface area contributed by atoms with Crippen molar-refractivity contribution in [2.45, 2.75) is 19.9 Å². The lowest BCUT2D eigenvalue weighted by molar-refractivity contribution is 0.415. The van der Waals surface area contributed by atoms with Crippen molar-refractivity contribution in [2.75, 3.05) is 12.4 Å². The van der Waals surface area contributed by atoms with Crippen molar-refractivity contribution in [3.8, 4) is 28.6 Å². The van der Waals surface area contributed by atoms with Gasteiger partial charge in [0.05, 0.1) is 12.7 Å². The quantitative estimate of drug-likeness (QED) is 0.485. The van der Waals surface area contributed by atoms with Gasteiger partial charge in [-0.1, -0.05) is 35.0 Å². The van der Waals surface area contributed by atoms with E-state index < -0.39 is 0 Å². The van der Waals surface area contributed by atoms with Gasteiger partial charge in [-0.2, -0.15) is 4.98 Å². The molecule has 0 bridgehead atoms. The Morgan fingerprint density at radius 1 is 1.00 bits per heavy atom. The first kappa shape index (κ1) is 18.7. The average molecular weight is 386 g/mol. The summed E-state index contributed by atoms with van der Waals surface area (Å²) in [7, 11) is 1.63. The van der Waals surface area contributed by atoms with Crippen LogP contribution in [0.4, 0.5) is 5.82 Å². The van der Waals surface area contributed by atoms with Crippen LogP contribution >= 0.6 is 0 Å². The maximum absolute atomic E-state index is 5.53. The van der Waals surface area contributed by atoms with Crippen LogP contribution in [0.3, 0.4) is 0 Å². The topological polar surface area (TPSA) is 73.1 Å². The number of benzene rings is 2. The van der Waals surface area contributed by atoms with Crippen LogP contribution in [0, 0.1) is 6.92 Å². The van der Waals surface area contributed by atoms with Gasteiger partial charge in [-0.3, -0.25) is 0 Å². The van der Waals surface area contributed by atoms with Crippen LogP contribution in [0.15, 0.2) is 71.4 Å². The van der Waals surface area contributed by atoms with Crippen LogP contribution in [-0.2, 0) is 0 Å². The van der Waals surface area contributed by atoms with Gasteiger partial charge in [-0.25, -0.2) is 4.98 Å². The fraction of sp³-hybridized carbons (Fsp3) is 0.174. The molecule has 29 heavy (non-hydrogen) atoms. The predicted molar refractivity (Wildman–Crippen MR) is 113 cm³/mol. The summed E-state index contributed by atoms with van der Waals surface area (Å²) in [6.45, 7) is 4.18. The number of anilines is 1. The number of hydrogen-bond donors (Lipinski definition) is 1. The van der Waals surface area contributed by atoms with Crippen LogP contribution in [0.2, 0.25) is 0 Å². The summed E-state index contributed by atoms with van der Waals surface area (Å²) in [5, 5.41) is 7.58. The molecule has 2 aromatic heterocycles. The van der Waals surface area contributed by atoms with Crippen LogP contribution in [0.1, 0.15) is 24.1 Å². The second-order valence-corrected chi connectivity index (χ2v) is 6.83. The molecule has 0 aliphatic rings. The van der Waals surface area contributed by atoms with Crippen LogP contribution in [0.25, 0.3) is 22.8 Å². The monoisotopic (exact) mass is 386 g/mol. The van der Waals surface area contributed by atoms with Gasteiger partial charge >= 0.3 is 0 Å². The minimum absolute atomic E-state index is 0.0771. The maximum Gasteiger partial charge on any atom is 0.261 e. The third-order valence-electron chi connectivity index (χ3n) is 4.74. The molecule has 2 aromatic carbocycles. The van der Waals surface area contributed by atoms with E-state index in [4.69, 9.17) is 9.26 Å². The third kappa shape index (κ3) is 4.11. The molecule has 0 aliphatic heterocycles. The van der Waals surface area contributed by atoms with Crippen molar-refractivity contribution in [2.24, 2.45) is 0 Å². The van der Waals surface area contributed by atoms with Crippen molar-refractivity contribution >= 4 is 5.82 Å². The van der Waals surface area contributed by atoms with Gasteiger partial charge in [-0.05, 0) is 55.8 Å². The van der Waals surface area contributed by atoms with Crippen molar-refractivity contribution in [1.29, 1.82) is 0 Å². The first-order valence-electron chi connectivity index (χ1n) is 9.40. The van der Waals surface area contributed by atoms with Crippen LogP contribution in [0.5, 0.6) is 5.75 Å². The normalized spacial score (nSPS) is 11.8. The van der Waals surface area contributed by atoms with Gasteiger partial charge in [0.2, 0.25) is 5.82 Å². The molecule has 6 nitrogen and oxygen atoms in total. The lowest BCUT2D eigenvalue weighted by atomic mass is 10.1. The molecule has 0 fully saturated rings. The van der Waals surface area contributed by atoms with E-state index >= 15 is 0 Å². The SMILES string of the molecule is COc1ccc(-c2noc(-c3cccnc3N[C@@H](C)c3ccc(C)cc3)n2)cc1. The Balaban J connectivity index is 1.59. The summed E-state index contributed by atoms with van der Waals surface area (Å²) in [6, 6.07) is 19.8. The fourth-order valence-electron chi connectivity index (χ4n) is 3.03. The summed E-state index contributed by atoms with van der Waals surface area (Å²) in [4.78, 5) is 9.05. The number of rotatable bonds is 6. The molecule has 0 spiro atoms. The number of aromatic nitrogens is 3. The Labute approximate surface area is 169 Å². The van der Waals surface area contributed by atoms with E-state index in [2.05, 4.69) is 58.6 Å². The molecule has 146 valence electrons. The molecular weight excluding hydrogens is 364 g/mol. The fourth-order valence-corrected chi connectivity index (χ4v) is 3.03. The lowest BCUT2D eigenvalue weighted by Crippen LogP contribution is -2.09. The highest BCUT2D eigenvalue weighted by Gasteiger charge is 2.17. The molecule has 0 saturated heterocycles. The molecule has 4 rings (SSSR count). The smallest absolute Gasteiger partial charge is 0.261 e. The Bertz CT molecular complexity index is 1090. The number of nitrogens with one attached hydrogen (secondary N) is 1. The van der Waals surface area contributed by atoms with E-state index in [-0.39, 0.29) is 6.04 Å². The average Bonchev–Trinajstić information content (AvgIpc) is 3.25. The minimum atomic E-state index is 0.0771. The van der Waals surface area contributed by atoms with Crippen molar-refractivity contribution < 1.29 is 9.26 Å². The standard InChI is InChI=1S/C23H22N4O2/c1-15-6-8-17(9-7-15)16(2)25-22-20(5-4-14-24-22)23-26-21(27-29-23)18-10-12-19(28-3)13-11-18/h4-14,16H,1-3H3,(H,24,25)/t16-/m0/s1. The molecule has 4 aromatic rings. The zero-order valence-corrected chi connectivity index (χ0v) is 16.6. The lowest BCUT2D eigenvalue weighted by Gasteiger charge is -2.16. The molecule has 0 amide bonds. The van der Waals surface area contributed by atoms with Crippen molar-refractivity contribution in [3.05, 3.63) is 78.0 Å². The summed E-state index contributed by atoms with van der Waals surface area (Å²) >= 11 is 0. The molecule has 1 N–H and O–H groups in total. The summed E-state index contributed by atoms with van der Waals surface area (Å²) < 4.78 is 10.7. The number of hydrogen-bond acceptors (Lipinski definition) is 6. The van der Waals surface area contributed by atoms with E-state index in [1.165, 1.54) is 11.1 Å². The van der Waals surface area contributed by atoms with Crippen LogP contribution < -0.4 is 10.1 Å². The molecule has 1 atom stereocenters. The number of aryl methyl sites for hydroxylation is 1. The molecular formula is C23H22N4O2. The van der Waals surface area contributed by atoms with E-state index in [0.717, 1.165) is 16.9 Å². The zero-order chi connectivity index (χ0) is 20.2.